The van der Waals surface area contributed by atoms with E-state index in [1.54, 1.807) is 16.7 Å². The Morgan fingerprint density at radius 1 is 0.980 bits per heavy atom. The smallest absolute Gasteiger partial charge is 0.410 e. The summed E-state index contributed by atoms with van der Waals surface area (Å²) in [5.74, 6) is -3.88. The molecule has 51 heavy (non-hydrogen) atoms. The number of carbonyl (C=O) groups is 3. The Kier molecular flexibility index (Phi) is 10.9. The summed E-state index contributed by atoms with van der Waals surface area (Å²) in [5.41, 5.74) is -0.302. The van der Waals surface area contributed by atoms with E-state index in [0.29, 0.717) is 69.6 Å². The van der Waals surface area contributed by atoms with Gasteiger partial charge < -0.3 is 24.5 Å². The Balaban J connectivity index is 1.36. The molecule has 3 atom stereocenters. The van der Waals surface area contributed by atoms with Crippen LogP contribution in [-0.4, -0.2) is 129 Å². The van der Waals surface area contributed by atoms with E-state index in [2.05, 4.69) is 31.7 Å². The molecular weight excluding hydrogens is 662 g/mol. The number of aromatic nitrogens is 3. The van der Waals surface area contributed by atoms with Crippen LogP contribution in [0.3, 0.4) is 0 Å². The number of carbonyl (C=O) groups excluding carboxylic acids is 2. The monoisotopic (exact) mass is 714 g/mol. The van der Waals surface area contributed by atoms with E-state index in [1.807, 2.05) is 46.4 Å². The maximum Gasteiger partial charge on any atom is 0.410 e. The number of nitrogens with zero attached hydrogens (tertiary/aromatic N) is 8. The van der Waals surface area contributed by atoms with E-state index < -0.39 is 29.0 Å². The van der Waals surface area contributed by atoms with Gasteiger partial charge in [-0.3, -0.25) is 19.6 Å². The minimum Gasteiger partial charge on any atom is -0.478 e. The van der Waals surface area contributed by atoms with Crippen LogP contribution in [0.15, 0.2) is 24.7 Å². The number of anilines is 2. The molecule has 15 heteroatoms. The Morgan fingerprint density at radius 3 is 2.27 bits per heavy atom. The molecule has 5 heterocycles. The molecule has 13 nitrogen and oxygen atoms in total. The van der Waals surface area contributed by atoms with Gasteiger partial charge in [-0.2, -0.15) is 0 Å². The van der Waals surface area contributed by atoms with Crippen molar-refractivity contribution in [2.45, 2.75) is 103 Å². The molecule has 2 saturated heterocycles. The zero-order chi connectivity index (χ0) is 37.5. The van der Waals surface area contributed by atoms with Gasteiger partial charge in [-0.25, -0.2) is 28.3 Å². The second-order valence-electron chi connectivity index (χ2n) is 15.8. The Labute approximate surface area is 299 Å². The first-order valence-corrected chi connectivity index (χ1v) is 17.8. The van der Waals surface area contributed by atoms with Gasteiger partial charge in [0.2, 0.25) is 11.9 Å². The molecule has 0 aliphatic carbocycles. The molecule has 2 aromatic rings. The van der Waals surface area contributed by atoms with Gasteiger partial charge in [-0.05, 0) is 40.7 Å². The van der Waals surface area contributed by atoms with Crippen LogP contribution in [0.1, 0.15) is 89.8 Å². The number of fused-ring (bicyclic) bond motifs is 1. The minimum absolute atomic E-state index is 0.0215. The maximum absolute atomic E-state index is 15.0. The lowest BCUT2D eigenvalue weighted by atomic mass is 9.91. The number of carboxylic acids is 1. The molecule has 2 amide bonds. The predicted octanol–water partition coefficient (Wildman–Crippen LogP) is 4.61. The van der Waals surface area contributed by atoms with Crippen LogP contribution >= 0.6 is 0 Å². The SMILES string of the molecule is CCCC(F)(F)c1cnc2c(c1)N(C(=O)CN1C[C@@H](C)N(C(=O)OC(C)(C)C)C[C@@H]1CN1CCN(c3ncc(C(=O)O)cn3)CC1C)CC2(C)C. The third-order valence-corrected chi connectivity index (χ3v) is 9.94. The third kappa shape index (κ3) is 8.57. The van der Waals surface area contributed by atoms with E-state index in [0.717, 1.165) is 0 Å². The summed E-state index contributed by atoms with van der Waals surface area (Å²) in [4.78, 5) is 61.6. The molecule has 1 unspecified atom stereocenters. The lowest BCUT2D eigenvalue weighted by Crippen LogP contribution is -2.65. The second kappa shape index (κ2) is 14.6. The summed E-state index contributed by atoms with van der Waals surface area (Å²) < 4.78 is 35.8. The van der Waals surface area contributed by atoms with E-state index in [4.69, 9.17) is 4.74 Å². The van der Waals surface area contributed by atoms with Gasteiger partial charge in [0, 0.05) is 99.9 Å². The fourth-order valence-electron chi connectivity index (χ4n) is 7.24. The van der Waals surface area contributed by atoms with Crippen LogP contribution in [0.2, 0.25) is 0 Å². The number of piperazine rings is 2. The quantitative estimate of drug-likeness (QED) is 0.390. The number of halogens is 2. The summed E-state index contributed by atoms with van der Waals surface area (Å²) in [7, 11) is 0. The molecule has 0 saturated carbocycles. The molecule has 0 aromatic carbocycles. The molecule has 3 aliphatic heterocycles. The van der Waals surface area contributed by atoms with Gasteiger partial charge in [0.15, 0.2) is 0 Å². The number of rotatable bonds is 9. The average Bonchev–Trinajstić information content (AvgIpc) is 3.32. The number of amides is 2. The van der Waals surface area contributed by atoms with Crippen molar-refractivity contribution in [3.8, 4) is 0 Å². The van der Waals surface area contributed by atoms with Crippen molar-refractivity contribution in [1.82, 2.24) is 29.7 Å². The van der Waals surface area contributed by atoms with Crippen molar-refractivity contribution >= 4 is 29.6 Å². The van der Waals surface area contributed by atoms with Gasteiger partial charge in [0.25, 0.3) is 5.92 Å². The number of hydrogen-bond acceptors (Lipinski definition) is 10. The highest BCUT2D eigenvalue weighted by molar-refractivity contribution is 5.97. The predicted molar refractivity (Wildman–Crippen MR) is 188 cm³/mol. The van der Waals surface area contributed by atoms with Crippen molar-refractivity contribution in [3.05, 3.63) is 41.5 Å². The molecule has 0 bridgehead atoms. The highest BCUT2D eigenvalue weighted by Crippen LogP contribution is 2.43. The van der Waals surface area contributed by atoms with Gasteiger partial charge in [0.05, 0.1) is 23.5 Å². The standard InChI is InChI=1S/C36H52F2N8O5/c1-9-10-36(37,38)26-13-28-30(39-16-26)35(7,8)22-46(28)29(47)21-44-18-24(3)45(33(50)51-34(4,5)6)20-27(44)19-42-11-12-43(17-23(42)2)32-40-14-25(15-41-32)31(48)49/h13-16,23-24,27H,9-12,17-22H2,1-8H3,(H,48,49)/t23?,24-,27+/m1/s1. The highest BCUT2D eigenvalue weighted by Gasteiger charge is 2.44. The summed E-state index contributed by atoms with van der Waals surface area (Å²) in [6.07, 6.45) is 3.46. The molecule has 1 N–H and O–H groups in total. The number of pyridine rings is 1. The van der Waals surface area contributed by atoms with E-state index in [1.165, 1.54) is 24.7 Å². The van der Waals surface area contributed by atoms with Crippen molar-refractivity contribution in [2.75, 3.05) is 62.2 Å². The number of hydrogen-bond donors (Lipinski definition) is 1. The molecule has 5 rings (SSSR count). The fraction of sp³-hybridized carbons (Fsp3) is 0.667. The molecule has 2 aromatic heterocycles. The number of ether oxygens (including phenoxy) is 1. The van der Waals surface area contributed by atoms with Crippen LogP contribution in [0, 0.1) is 0 Å². The van der Waals surface area contributed by atoms with Crippen LogP contribution < -0.4 is 9.80 Å². The van der Waals surface area contributed by atoms with Gasteiger partial charge in [0.1, 0.15) is 5.60 Å². The summed E-state index contributed by atoms with van der Waals surface area (Å²) in [6.45, 7) is 18.7. The van der Waals surface area contributed by atoms with Crippen LogP contribution in [0.5, 0.6) is 0 Å². The zero-order valence-electron chi connectivity index (χ0n) is 31.0. The fourth-order valence-corrected chi connectivity index (χ4v) is 7.24. The minimum atomic E-state index is -3.05. The number of carboxylic acid groups (broad SMARTS) is 1. The van der Waals surface area contributed by atoms with Crippen molar-refractivity contribution in [2.24, 2.45) is 0 Å². The molecule has 0 radical (unpaired) electrons. The summed E-state index contributed by atoms with van der Waals surface area (Å²) in [6, 6.07) is 1.01. The normalized spacial score (nSPS) is 22.9. The summed E-state index contributed by atoms with van der Waals surface area (Å²) >= 11 is 0. The maximum atomic E-state index is 15.0. The Hall–Kier alpha value is -3.98. The van der Waals surface area contributed by atoms with Crippen LogP contribution in [0.4, 0.5) is 25.2 Å². The van der Waals surface area contributed by atoms with E-state index in [9.17, 15) is 19.5 Å². The Morgan fingerprint density at radius 2 is 1.67 bits per heavy atom. The third-order valence-electron chi connectivity index (χ3n) is 9.94. The van der Waals surface area contributed by atoms with Gasteiger partial charge in [-0.15, -0.1) is 0 Å². The van der Waals surface area contributed by atoms with E-state index >= 15 is 8.78 Å². The van der Waals surface area contributed by atoms with E-state index in [-0.39, 0.29) is 48.1 Å². The summed E-state index contributed by atoms with van der Waals surface area (Å²) in [5, 5.41) is 9.21. The first-order valence-electron chi connectivity index (χ1n) is 17.8. The lowest BCUT2D eigenvalue weighted by molar-refractivity contribution is -0.121. The topological polar surface area (TPSA) is 136 Å². The zero-order valence-corrected chi connectivity index (χ0v) is 31.0. The van der Waals surface area contributed by atoms with Crippen molar-refractivity contribution < 1.29 is 33.0 Å². The first-order chi connectivity index (χ1) is 23.8. The number of alkyl halides is 2. The molecule has 3 aliphatic rings. The van der Waals surface area contributed by atoms with Crippen molar-refractivity contribution in [3.63, 3.8) is 0 Å². The second-order valence-corrected chi connectivity index (χ2v) is 15.8. The molecule has 0 spiro atoms. The van der Waals surface area contributed by atoms with Crippen LogP contribution in [-0.2, 0) is 20.9 Å². The van der Waals surface area contributed by atoms with Crippen LogP contribution in [0.25, 0.3) is 0 Å². The van der Waals surface area contributed by atoms with Gasteiger partial charge >= 0.3 is 12.1 Å². The molecular formula is C36H52F2N8O5. The number of aromatic carboxylic acids is 1. The van der Waals surface area contributed by atoms with Crippen molar-refractivity contribution in [1.29, 1.82) is 0 Å². The largest absolute Gasteiger partial charge is 0.478 e. The lowest BCUT2D eigenvalue weighted by Gasteiger charge is -2.48. The molecule has 2 fully saturated rings. The molecule has 280 valence electrons. The average molecular weight is 715 g/mol. The first kappa shape index (κ1) is 38.3. The Bertz CT molecular complexity index is 1600. The highest BCUT2D eigenvalue weighted by atomic mass is 19.3. The van der Waals surface area contributed by atoms with Gasteiger partial charge in [-0.1, -0.05) is 27.2 Å².